The lowest BCUT2D eigenvalue weighted by molar-refractivity contribution is 0.0464. The predicted molar refractivity (Wildman–Crippen MR) is 77.6 cm³/mol. The van der Waals surface area contributed by atoms with Gasteiger partial charge in [0.15, 0.2) is 0 Å². The third-order valence-electron chi connectivity index (χ3n) is 5.49. The molecule has 0 aliphatic heterocycles. The minimum absolute atomic E-state index is 0.00227. The third-order valence-corrected chi connectivity index (χ3v) is 5.49. The van der Waals surface area contributed by atoms with Gasteiger partial charge in [0, 0.05) is 0 Å². The molecule has 0 amide bonds. The Morgan fingerprint density at radius 3 is 2.22 bits per heavy atom. The second kappa shape index (κ2) is 7.53. The van der Waals surface area contributed by atoms with E-state index in [-0.39, 0.29) is 6.10 Å². The monoisotopic (exact) mass is 252 g/mol. The van der Waals surface area contributed by atoms with Crippen LogP contribution in [0, 0.1) is 17.8 Å². The lowest BCUT2D eigenvalue weighted by Gasteiger charge is -2.33. The second-order valence-electron chi connectivity index (χ2n) is 6.86. The summed E-state index contributed by atoms with van der Waals surface area (Å²) < 4.78 is 0. The van der Waals surface area contributed by atoms with Gasteiger partial charge in [-0.05, 0) is 37.0 Å². The lowest BCUT2D eigenvalue weighted by atomic mass is 9.75. The van der Waals surface area contributed by atoms with E-state index in [1.54, 1.807) is 0 Å². The molecule has 18 heavy (non-hydrogen) atoms. The van der Waals surface area contributed by atoms with E-state index in [4.69, 9.17) is 0 Å². The Bertz CT molecular complexity index is 218. The topological polar surface area (TPSA) is 20.2 Å². The first-order valence-electron chi connectivity index (χ1n) is 8.47. The molecule has 1 nitrogen and oxygen atoms in total. The summed E-state index contributed by atoms with van der Waals surface area (Å²) in [5.74, 6) is 2.34. The van der Waals surface area contributed by atoms with E-state index < -0.39 is 0 Å². The third kappa shape index (κ3) is 4.26. The highest BCUT2D eigenvalue weighted by atomic mass is 16.3. The van der Waals surface area contributed by atoms with Crippen LogP contribution in [-0.2, 0) is 0 Å². The lowest BCUT2D eigenvalue weighted by Crippen LogP contribution is -2.28. The maximum Gasteiger partial charge on any atom is 0.0571 e. The molecule has 2 aliphatic carbocycles. The molecule has 0 saturated heterocycles. The first kappa shape index (κ1) is 14.4. The standard InChI is InChI=1S/C17H32O/c1-2-14-10-7-11-16(12-14)17(18)13-15-8-5-3-4-6-9-15/h14-18H,2-13H2,1H3. The van der Waals surface area contributed by atoms with Gasteiger partial charge >= 0.3 is 0 Å². The summed E-state index contributed by atoms with van der Waals surface area (Å²) in [5, 5.41) is 10.5. The average molecular weight is 252 g/mol. The van der Waals surface area contributed by atoms with Crippen LogP contribution in [0.25, 0.3) is 0 Å². The molecule has 106 valence electrons. The molecule has 2 aliphatic rings. The van der Waals surface area contributed by atoms with Gasteiger partial charge in [0.25, 0.3) is 0 Å². The maximum absolute atomic E-state index is 10.5. The number of aliphatic hydroxyl groups is 1. The van der Waals surface area contributed by atoms with E-state index in [0.717, 1.165) is 18.3 Å². The molecular weight excluding hydrogens is 220 g/mol. The summed E-state index contributed by atoms with van der Waals surface area (Å²) in [6.45, 7) is 2.31. The normalized spacial score (nSPS) is 33.0. The Morgan fingerprint density at radius 2 is 1.56 bits per heavy atom. The molecular formula is C17H32O. The van der Waals surface area contributed by atoms with Crippen LogP contribution in [0.4, 0.5) is 0 Å². The SMILES string of the molecule is CCC1CCCC(C(O)CC2CCCCCC2)C1. The van der Waals surface area contributed by atoms with Gasteiger partial charge in [-0.2, -0.15) is 0 Å². The van der Waals surface area contributed by atoms with E-state index in [0.29, 0.717) is 5.92 Å². The Hall–Kier alpha value is -0.0400. The molecule has 1 heteroatoms. The van der Waals surface area contributed by atoms with Crippen LogP contribution in [0.1, 0.15) is 84.0 Å². The zero-order chi connectivity index (χ0) is 12.8. The van der Waals surface area contributed by atoms with E-state index in [1.807, 2.05) is 0 Å². The largest absolute Gasteiger partial charge is 0.393 e. The smallest absolute Gasteiger partial charge is 0.0571 e. The van der Waals surface area contributed by atoms with Crippen molar-refractivity contribution < 1.29 is 5.11 Å². The Labute approximate surface area is 113 Å². The fraction of sp³-hybridized carbons (Fsp3) is 1.00. The van der Waals surface area contributed by atoms with E-state index in [2.05, 4.69) is 6.92 Å². The quantitative estimate of drug-likeness (QED) is 0.704. The van der Waals surface area contributed by atoms with Gasteiger partial charge in [-0.3, -0.25) is 0 Å². The van der Waals surface area contributed by atoms with Crippen molar-refractivity contribution in [3.8, 4) is 0 Å². The van der Waals surface area contributed by atoms with Crippen molar-refractivity contribution in [3.63, 3.8) is 0 Å². The predicted octanol–water partition coefficient (Wildman–Crippen LogP) is 4.92. The summed E-state index contributed by atoms with van der Waals surface area (Å²) in [6.07, 6.45) is 16.2. The first-order valence-corrected chi connectivity index (χ1v) is 8.47. The number of hydrogen-bond acceptors (Lipinski definition) is 1. The molecule has 0 aromatic carbocycles. The number of rotatable bonds is 4. The van der Waals surface area contributed by atoms with Crippen molar-refractivity contribution >= 4 is 0 Å². The molecule has 0 aromatic rings. The fourth-order valence-corrected chi connectivity index (χ4v) is 4.19. The molecule has 3 atom stereocenters. The molecule has 0 bridgehead atoms. The van der Waals surface area contributed by atoms with Crippen molar-refractivity contribution in [2.24, 2.45) is 17.8 Å². The van der Waals surface area contributed by atoms with Crippen molar-refractivity contribution in [2.75, 3.05) is 0 Å². The summed E-state index contributed by atoms with van der Waals surface area (Å²) >= 11 is 0. The molecule has 0 aromatic heterocycles. The maximum atomic E-state index is 10.5. The van der Waals surface area contributed by atoms with Crippen LogP contribution >= 0.6 is 0 Å². The Balaban J connectivity index is 1.77. The minimum atomic E-state index is 0.00227. The molecule has 2 rings (SSSR count). The van der Waals surface area contributed by atoms with Crippen LogP contribution in [-0.4, -0.2) is 11.2 Å². The summed E-state index contributed by atoms with van der Waals surface area (Å²) in [4.78, 5) is 0. The molecule has 3 unspecified atom stereocenters. The summed E-state index contributed by atoms with van der Waals surface area (Å²) in [6, 6.07) is 0. The van der Waals surface area contributed by atoms with Gasteiger partial charge < -0.3 is 5.11 Å². The molecule has 2 saturated carbocycles. The van der Waals surface area contributed by atoms with Crippen LogP contribution in [0.2, 0.25) is 0 Å². The van der Waals surface area contributed by atoms with Crippen LogP contribution in [0.3, 0.4) is 0 Å². The molecule has 0 radical (unpaired) electrons. The minimum Gasteiger partial charge on any atom is -0.393 e. The highest BCUT2D eigenvalue weighted by molar-refractivity contribution is 4.80. The summed E-state index contributed by atoms with van der Waals surface area (Å²) in [5.41, 5.74) is 0. The highest BCUT2D eigenvalue weighted by Gasteiger charge is 2.28. The van der Waals surface area contributed by atoms with Crippen molar-refractivity contribution in [2.45, 2.75) is 90.1 Å². The van der Waals surface area contributed by atoms with Gasteiger partial charge in [0.1, 0.15) is 0 Å². The molecule has 0 spiro atoms. The Morgan fingerprint density at radius 1 is 0.889 bits per heavy atom. The Kier molecular flexibility index (Phi) is 6.01. The zero-order valence-corrected chi connectivity index (χ0v) is 12.2. The molecule has 2 fully saturated rings. The van der Waals surface area contributed by atoms with Crippen LogP contribution in [0.5, 0.6) is 0 Å². The van der Waals surface area contributed by atoms with E-state index in [9.17, 15) is 5.11 Å². The highest BCUT2D eigenvalue weighted by Crippen LogP contribution is 2.36. The van der Waals surface area contributed by atoms with Gasteiger partial charge in [-0.1, -0.05) is 64.7 Å². The van der Waals surface area contributed by atoms with Crippen molar-refractivity contribution in [1.82, 2.24) is 0 Å². The van der Waals surface area contributed by atoms with Gasteiger partial charge in [0.2, 0.25) is 0 Å². The fourth-order valence-electron chi connectivity index (χ4n) is 4.19. The van der Waals surface area contributed by atoms with Gasteiger partial charge in [-0.15, -0.1) is 0 Å². The second-order valence-corrected chi connectivity index (χ2v) is 6.86. The van der Waals surface area contributed by atoms with Crippen LogP contribution < -0.4 is 0 Å². The van der Waals surface area contributed by atoms with E-state index in [1.165, 1.54) is 70.6 Å². The van der Waals surface area contributed by atoms with Crippen molar-refractivity contribution in [1.29, 1.82) is 0 Å². The van der Waals surface area contributed by atoms with Crippen LogP contribution in [0.15, 0.2) is 0 Å². The van der Waals surface area contributed by atoms with E-state index >= 15 is 0 Å². The zero-order valence-electron chi connectivity index (χ0n) is 12.2. The van der Waals surface area contributed by atoms with Gasteiger partial charge in [0.05, 0.1) is 6.10 Å². The van der Waals surface area contributed by atoms with Gasteiger partial charge in [-0.25, -0.2) is 0 Å². The number of hydrogen-bond donors (Lipinski definition) is 1. The average Bonchev–Trinajstić information content (AvgIpc) is 2.67. The number of aliphatic hydroxyl groups excluding tert-OH is 1. The first-order chi connectivity index (χ1) is 8.79. The molecule has 1 N–H and O–H groups in total. The molecule has 0 heterocycles. The van der Waals surface area contributed by atoms with Crippen molar-refractivity contribution in [3.05, 3.63) is 0 Å². The summed E-state index contributed by atoms with van der Waals surface area (Å²) in [7, 11) is 0.